The summed E-state index contributed by atoms with van der Waals surface area (Å²) < 4.78 is 0. The third-order valence-corrected chi connectivity index (χ3v) is 0.884. The van der Waals surface area contributed by atoms with Crippen LogP contribution in [0.25, 0.3) is 0 Å². The van der Waals surface area contributed by atoms with Gasteiger partial charge >= 0.3 is 0 Å². The highest BCUT2D eigenvalue weighted by Gasteiger charge is 2.17. The summed E-state index contributed by atoms with van der Waals surface area (Å²) in [5.74, 6) is 6.31. The first kappa shape index (κ1) is 3.74. The van der Waals surface area contributed by atoms with E-state index in [9.17, 15) is 0 Å². The van der Waals surface area contributed by atoms with E-state index < -0.39 is 0 Å². The monoisotopic (exact) mass is 79.1 g/mol. The molecule has 0 atom stereocenters. The van der Waals surface area contributed by atoms with Gasteiger partial charge in [0.2, 0.25) is 0 Å². The van der Waals surface area contributed by atoms with Gasteiger partial charge in [0.05, 0.1) is 0 Å². The van der Waals surface area contributed by atoms with E-state index in [0.29, 0.717) is 0 Å². The molecule has 1 aliphatic rings. The zero-order valence-electron chi connectivity index (χ0n) is 3.70. The molecule has 31 valence electrons. The third-order valence-electron chi connectivity index (χ3n) is 0.884. The Kier molecular flexibility index (Phi) is 0.837. The van der Waals surface area contributed by atoms with Crippen molar-refractivity contribution in [2.24, 2.45) is 5.92 Å². The van der Waals surface area contributed by atoms with E-state index in [1.807, 2.05) is 0 Å². The normalized spacial score (nSPS) is 18.8. The van der Waals surface area contributed by atoms with E-state index in [4.69, 9.17) is 0 Å². The summed E-state index contributed by atoms with van der Waals surface area (Å²) in [6, 6.07) is 0. The van der Waals surface area contributed by atoms with Crippen LogP contribution < -0.4 is 0 Å². The molecule has 0 amide bonds. The fourth-order valence-electron chi connectivity index (χ4n) is 0.372. The summed E-state index contributed by atoms with van der Waals surface area (Å²) >= 11 is 0. The SMILES string of the molecule is [CH2]C#CC1CC1. The zero-order valence-corrected chi connectivity index (χ0v) is 3.70. The average molecular weight is 79.1 g/mol. The molecule has 0 aromatic rings. The number of rotatable bonds is 0. The van der Waals surface area contributed by atoms with Crippen molar-refractivity contribution in [3.05, 3.63) is 6.92 Å². The fourth-order valence-corrected chi connectivity index (χ4v) is 0.372. The highest BCUT2D eigenvalue weighted by molar-refractivity contribution is 5.10. The second-order valence-electron chi connectivity index (χ2n) is 1.60. The van der Waals surface area contributed by atoms with Gasteiger partial charge in [-0.2, -0.15) is 0 Å². The fraction of sp³-hybridized carbons (Fsp3) is 0.500. The summed E-state index contributed by atoms with van der Waals surface area (Å²) in [6.07, 6.45) is 2.62. The van der Waals surface area contributed by atoms with Crippen LogP contribution in [0.4, 0.5) is 0 Å². The smallest absolute Gasteiger partial charge is 0.0203 e. The second kappa shape index (κ2) is 1.34. The van der Waals surface area contributed by atoms with Crippen LogP contribution in [-0.4, -0.2) is 0 Å². The molecule has 1 aliphatic carbocycles. The Morgan fingerprint density at radius 3 is 2.33 bits per heavy atom. The van der Waals surface area contributed by atoms with E-state index in [0.717, 1.165) is 5.92 Å². The molecule has 0 N–H and O–H groups in total. The molecule has 0 bridgehead atoms. The second-order valence-corrected chi connectivity index (χ2v) is 1.60. The minimum Gasteiger partial charge on any atom is -0.102 e. The standard InChI is InChI=1S/C6H7/c1-2-3-6-4-5-6/h6H,1,4-5H2. The summed E-state index contributed by atoms with van der Waals surface area (Å²) in [4.78, 5) is 0. The Morgan fingerprint density at radius 2 is 2.17 bits per heavy atom. The van der Waals surface area contributed by atoms with E-state index in [1.54, 1.807) is 0 Å². The molecule has 0 saturated heterocycles. The van der Waals surface area contributed by atoms with Gasteiger partial charge in [-0.05, 0) is 12.8 Å². The molecule has 0 aliphatic heterocycles. The Labute approximate surface area is 38.6 Å². The van der Waals surface area contributed by atoms with Gasteiger partial charge in [-0.15, -0.1) is 5.92 Å². The van der Waals surface area contributed by atoms with Gasteiger partial charge in [0.1, 0.15) is 0 Å². The van der Waals surface area contributed by atoms with Crippen molar-refractivity contribution in [1.82, 2.24) is 0 Å². The maximum absolute atomic E-state index is 3.40. The molecule has 0 spiro atoms. The number of hydrogen-bond acceptors (Lipinski definition) is 0. The third kappa shape index (κ3) is 0.755. The first-order chi connectivity index (χ1) is 2.93. The molecule has 0 aromatic heterocycles. The van der Waals surface area contributed by atoms with Crippen molar-refractivity contribution >= 4 is 0 Å². The molecular formula is C6H7. The Bertz CT molecular complexity index is 88.3. The lowest BCUT2D eigenvalue weighted by Crippen LogP contribution is -1.56. The Balaban J connectivity index is 2.27. The molecule has 1 rings (SSSR count). The van der Waals surface area contributed by atoms with Gasteiger partial charge in [-0.1, -0.05) is 5.92 Å². The van der Waals surface area contributed by atoms with Crippen LogP contribution in [-0.2, 0) is 0 Å². The van der Waals surface area contributed by atoms with Gasteiger partial charge in [-0.25, -0.2) is 0 Å². The summed E-state index contributed by atoms with van der Waals surface area (Å²) in [7, 11) is 0. The lowest BCUT2D eigenvalue weighted by Gasteiger charge is -1.62. The summed E-state index contributed by atoms with van der Waals surface area (Å²) in [5.41, 5.74) is 0. The van der Waals surface area contributed by atoms with Crippen LogP contribution in [0.3, 0.4) is 0 Å². The lowest BCUT2D eigenvalue weighted by molar-refractivity contribution is 1.18. The topological polar surface area (TPSA) is 0 Å². The minimum absolute atomic E-state index is 0.725. The van der Waals surface area contributed by atoms with Gasteiger partial charge in [0.25, 0.3) is 0 Å². The van der Waals surface area contributed by atoms with Crippen LogP contribution >= 0.6 is 0 Å². The first-order valence-electron chi connectivity index (χ1n) is 2.21. The molecule has 6 heavy (non-hydrogen) atoms. The zero-order chi connectivity index (χ0) is 4.41. The van der Waals surface area contributed by atoms with Gasteiger partial charge in [0, 0.05) is 12.8 Å². The number of hydrogen-bond donors (Lipinski definition) is 0. The molecule has 0 nitrogen and oxygen atoms in total. The molecule has 1 saturated carbocycles. The maximum atomic E-state index is 3.40. The molecule has 1 fully saturated rings. The molecule has 0 aromatic carbocycles. The first-order valence-corrected chi connectivity index (χ1v) is 2.21. The summed E-state index contributed by atoms with van der Waals surface area (Å²) in [6.45, 7) is 3.40. The van der Waals surface area contributed by atoms with Crippen molar-refractivity contribution in [3.63, 3.8) is 0 Å². The van der Waals surface area contributed by atoms with Crippen LogP contribution in [0.1, 0.15) is 12.8 Å². The molecule has 0 heterocycles. The van der Waals surface area contributed by atoms with E-state index in [2.05, 4.69) is 18.8 Å². The van der Waals surface area contributed by atoms with E-state index in [-0.39, 0.29) is 0 Å². The van der Waals surface area contributed by atoms with Crippen molar-refractivity contribution < 1.29 is 0 Å². The predicted octanol–water partition coefficient (Wildman–Crippen LogP) is 1.23. The van der Waals surface area contributed by atoms with Crippen LogP contribution in [0.5, 0.6) is 0 Å². The van der Waals surface area contributed by atoms with Crippen molar-refractivity contribution in [3.8, 4) is 11.8 Å². The van der Waals surface area contributed by atoms with Gasteiger partial charge in [-0.3, -0.25) is 0 Å². The largest absolute Gasteiger partial charge is 0.102 e. The Morgan fingerprint density at radius 1 is 1.50 bits per heavy atom. The Hall–Kier alpha value is -0.440. The lowest BCUT2D eigenvalue weighted by atomic mass is 10.4. The highest BCUT2D eigenvalue weighted by atomic mass is 14.2. The quantitative estimate of drug-likeness (QED) is 0.383. The van der Waals surface area contributed by atoms with Crippen LogP contribution in [0.15, 0.2) is 0 Å². The van der Waals surface area contributed by atoms with E-state index in [1.165, 1.54) is 12.8 Å². The predicted molar refractivity (Wildman–Crippen MR) is 25.9 cm³/mol. The van der Waals surface area contributed by atoms with Gasteiger partial charge in [0.15, 0.2) is 0 Å². The highest BCUT2D eigenvalue weighted by Crippen LogP contribution is 2.27. The minimum atomic E-state index is 0.725. The van der Waals surface area contributed by atoms with Crippen LogP contribution in [0, 0.1) is 24.7 Å². The molecule has 0 unspecified atom stereocenters. The van der Waals surface area contributed by atoms with Crippen molar-refractivity contribution in [1.29, 1.82) is 0 Å². The van der Waals surface area contributed by atoms with Crippen molar-refractivity contribution in [2.45, 2.75) is 12.8 Å². The van der Waals surface area contributed by atoms with Crippen molar-refractivity contribution in [2.75, 3.05) is 0 Å². The maximum Gasteiger partial charge on any atom is 0.0203 e. The summed E-state index contributed by atoms with van der Waals surface area (Å²) in [5, 5.41) is 0. The van der Waals surface area contributed by atoms with E-state index >= 15 is 0 Å². The molecule has 0 heteroatoms. The van der Waals surface area contributed by atoms with Crippen LogP contribution in [0.2, 0.25) is 0 Å². The molecular weight excluding hydrogens is 72.1 g/mol. The average Bonchev–Trinajstić information content (AvgIpc) is 2.21. The van der Waals surface area contributed by atoms with Gasteiger partial charge < -0.3 is 0 Å². The molecule has 1 radical (unpaired) electrons.